The molecule has 0 spiro atoms. The van der Waals surface area contributed by atoms with Crippen molar-refractivity contribution >= 4 is 11.8 Å². The first-order valence-electron chi connectivity index (χ1n) is 13.8. The van der Waals surface area contributed by atoms with Gasteiger partial charge in [-0.05, 0) is 96.5 Å². The highest BCUT2D eigenvalue weighted by Crippen LogP contribution is 2.41. The Hall–Kier alpha value is -3.60. The summed E-state index contributed by atoms with van der Waals surface area (Å²) in [5.41, 5.74) is -2.41. The molecule has 0 N–H and O–H groups in total. The Morgan fingerprint density at radius 1 is 0.659 bits per heavy atom. The van der Waals surface area contributed by atoms with E-state index >= 15 is 4.39 Å². The van der Waals surface area contributed by atoms with E-state index in [9.17, 15) is 35.1 Å². The molecule has 0 bridgehead atoms. The Bertz CT molecular complexity index is 1640. The lowest BCUT2D eigenvalue weighted by Crippen LogP contribution is -2.25. The van der Waals surface area contributed by atoms with Crippen molar-refractivity contribution in [1.29, 1.82) is 0 Å². The molecule has 0 saturated heterocycles. The maximum Gasteiger partial charge on any atom is 0.432 e. The molecule has 0 unspecified atom stereocenters. The van der Waals surface area contributed by atoms with Crippen LogP contribution in [0.5, 0.6) is 5.75 Å². The largest absolute Gasteiger partial charge is 0.432 e. The normalized spacial score (nSPS) is 17.1. The zero-order valence-electron chi connectivity index (χ0n) is 23.2. The second kappa shape index (κ2) is 12.8. The smallest absolute Gasteiger partial charge is 0.429 e. The van der Waals surface area contributed by atoms with Crippen molar-refractivity contribution in [3.8, 4) is 28.0 Å². The van der Waals surface area contributed by atoms with Gasteiger partial charge in [0.1, 0.15) is 34.6 Å². The lowest BCUT2D eigenvalue weighted by atomic mass is 9.83. The van der Waals surface area contributed by atoms with Gasteiger partial charge < -0.3 is 4.74 Å². The van der Waals surface area contributed by atoms with Crippen LogP contribution in [0.15, 0.2) is 60.7 Å². The Balaban J connectivity index is 1.35. The maximum absolute atomic E-state index is 15.1. The standard InChI is InChI=1S/C33H25F9OS/c1-2-44-22-7-3-17(4-8-22)18-5-9-23(25(34)11-18)19-12-27(36)31(28(37)13-19)33(41,42)43-21-6-10-24(26(35)16-21)20-14-29(38)32(40)30(39)15-20/h5-6,9-17,22H,2-4,7-8H2,1H3. The Morgan fingerprint density at radius 2 is 1.18 bits per heavy atom. The van der Waals surface area contributed by atoms with E-state index in [1.54, 1.807) is 6.07 Å². The Labute approximate surface area is 252 Å². The van der Waals surface area contributed by atoms with Crippen LogP contribution < -0.4 is 4.74 Å². The molecule has 0 amide bonds. The predicted molar refractivity (Wildman–Crippen MR) is 151 cm³/mol. The van der Waals surface area contributed by atoms with Crippen LogP contribution in [0.2, 0.25) is 0 Å². The fourth-order valence-electron chi connectivity index (χ4n) is 5.53. The summed E-state index contributed by atoms with van der Waals surface area (Å²) in [5, 5.41) is 0.573. The summed E-state index contributed by atoms with van der Waals surface area (Å²) in [5.74, 6) is -10.2. The van der Waals surface area contributed by atoms with Crippen LogP contribution in [0, 0.1) is 40.7 Å². The number of ether oxygens (including phenoxy) is 1. The number of halogens is 9. The third-order valence-corrected chi connectivity index (χ3v) is 8.94. The minimum Gasteiger partial charge on any atom is -0.429 e. The highest BCUT2D eigenvalue weighted by atomic mass is 32.2. The van der Waals surface area contributed by atoms with Gasteiger partial charge in [-0.3, -0.25) is 0 Å². The molecule has 1 aliphatic carbocycles. The van der Waals surface area contributed by atoms with E-state index in [2.05, 4.69) is 11.7 Å². The van der Waals surface area contributed by atoms with Crippen molar-refractivity contribution in [2.24, 2.45) is 0 Å². The first-order chi connectivity index (χ1) is 20.9. The van der Waals surface area contributed by atoms with Crippen LogP contribution >= 0.6 is 11.8 Å². The third kappa shape index (κ3) is 6.57. The highest BCUT2D eigenvalue weighted by molar-refractivity contribution is 7.99. The molecule has 1 aliphatic rings. The fraction of sp³-hybridized carbons (Fsp3) is 0.273. The van der Waals surface area contributed by atoms with Crippen LogP contribution in [0.3, 0.4) is 0 Å². The number of thioether (sulfide) groups is 1. The van der Waals surface area contributed by atoms with E-state index < -0.39 is 69.3 Å². The second-order valence-corrected chi connectivity index (χ2v) is 12.1. The maximum atomic E-state index is 15.1. The molecule has 232 valence electrons. The lowest BCUT2D eigenvalue weighted by molar-refractivity contribution is -0.189. The summed E-state index contributed by atoms with van der Waals surface area (Å²) in [7, 11) is 0. The van der Waals surface area contributed by atoms with Gasteiger partial charge in [-0.2, -0.15) is 20.5 Å². The van der Waals surface area contributed by atoms with Gasteiger partial charge in [0.15, 0.2) is 17.5 Å². The second-order valence-electron chi connectivity index (χ2n) is 10.5. The van der Waals surface area contributed by atoms with E-state index in [1.807, 2.05) is 11.8 Å². The van der Waals surface area contributed by atoms with Crippen molar-refractivity contribution in [3.63, 3.8) is 0 Å². The molecule has 1 saturated carbocycles. The van der Waals surface area contributed by atoms with Crippen molar-refractivity contribution in [1.82, 2.24) is 0 Å². The highest BCUT2D eigenvalue weighted by Gasteiger charge is 2.41. The molecular weight excluding hydrogens is 615 g/mol. The van der Waals surface area contributed by atoms with Gasteiger partial charge in [-0.25, -0.2) is 30.7 Å². The third-order valence-electron chi connectivity index (χ3n) is 7.67. The Kier molecular flexibility index (Phi) is 9.25. The monoisotopic (exact) mass is 640 g/mol. The number of alkyl halides is 2. The molecule has 0 radical (unpaired) electrons. The van der Waals surface area contributed by atoms with Crippen LogP contribution in [0.25, 0.3) is 22.3 Å². The molecular formula is C33H25F9OS. The van der Waals surface area contributed by atoms with Crippen LogP contribution in [-0.4, -0.2) is 11.0 Å². The van der Waals surface area contributed by atoms with Gasteiger partial charge in [0.25, 0.3) is 0 Å². The van der Waals surface area contributed by atoms with Gasteiger partial charge in [-0.1, -0.05) is 19.1 Å². The first kappa shape index (κ1) is 31.8. The molecule has 1 fully saturated rings. The zero-order chi connectivity index (χ0) is 31.8. The minimum absolute atomic E-state index is 0.149. The Morgan fingerprint density at radius 3 is 1.70 bits per heavy atom. The van der Waals surface area contributed by atoms with Gasteiger partial charge >= 0.3 is 6.11 Å². The molecule has 4 aromatic rings. The summed E-state index contributed by atoms with van der Waals surface area (Å²) in [4.78, 5) is 0. The quantitative estimate of drug-likeness (QED) is 0.140. The van der Waals surface area contributed by atoms with Crippen molar-refractivity contribution in [3.05, 3.63) is 113 Å². The van der Waals surface area contributed by atoms with E-state index in [-0.39, 0.29) is 17.0 Å². The van der Waals surface area contributed by atoms with E-state index in [0.29, 0.717) is 35.6 Å². The summed E-state index contributed by atoms with van der Waals surface area (Å²) in [6.07, 6.45) is -0.859. The molecule has 0 heterocycles. The average molecular weight is 641 g/mol. The van der Waals surface area contributed by atoms with Gasteiger partial charge in [0, 0.05) is 22.4 Å². The number of rotatable bonds is 8. The van der Waals surface area contributed by atoms with Gasteiger partial charge in [0.2, 0.25) is 0 Å². The average Bonchev–Trinajstić information content (AvgIpc) is 2.95. The molecule has 1 nitrogen and oxygen atoms in total. The van der Waals surface area contributed by atoms with Crippen molar-refractivity contribution in [2.45, 2.75) is 49.9 Å². The molecule has 44 heavy (non-hydrogen) atoms. The first-order valence-corrected chi connectivity index (χ1v) is 14.8. The van der Waals surface area contributed by atoms with E-state index in [0.717, 1.165) is 49.1 Å². The fourth-order valence-corrected chi connectivity index (χ4v) is 6.61. The van der Waals surface area contributed by atoms with Crippen molar-refractivity contribution < 1.29 is 44.3 Å². The minimum atomic E-state index is -4.65. The topological polar surface area (TPSA) is 9.23 Å². The molecule has 11 heteroatoms. The van der Waals surface area contributed by atoms with E-state index in [1.165, 1.54) is 12.1 Å². The zero-order valence-corrected chi connectivity index (χ0v) is 24.0. The SMILES string of the molecule is CCSC1CCC(c2ccc(-c3cc(F)c(C(F)(F)Oc4ccc(-c5cc(F)c(F)c(F)c5)c(F)c4)c(F)c3)c(F)c2)CC1. The summed E-state index contributed by atoms with van der Waals surface area (Å²) >= 11 is 1.90. The number of hydrogen-bond acceptors (Lipinski definition) is 2. The van der Waals surface area contributed by atoms with Crippen molar-refractivity contribution in [2.75, 3.05) is 5.75 Å². The molecule has 5 rings (SSSR count). The number of hydrogen-bond donors (Lipinski definition) is 0. The summed E-state index contributed by atoms with van der Waals surface area (Å²) in [6.45, 7) is 2.10. The van der Waals surface area contributed by atoms with Crippen LogP contribution in [0.4, 0.5) is 39.5 Å². The van der Waals surface area contributed by atoms with E-state index in [4.69, 9.17) is 0 Å². The van der Waals surface area contributed by atoms with Crippen LogP contribution in [-0.2, 0) is 6.11 Å². The molecule has 0 aromatic heterocycles. The predicted octanol–water partition coefficient (Wildman–Crippen LogP) is 10.9. The summed E-state index contributed by atoms with van der Waals surface area (Å²) < 4.78 is 134. The molecule has 4 aromatic carbocycles. The lowest BCUT2D eigenvalue weighted by Gasteiger charge is -2.28. The van der Waals surface area contributed by atoms with Gasteiger partial charge in [-0.15, -0.1) is 0 Å². The van der Waals surface area contributed by atoms with Gasteiger partial charge in [0.05, 0.1) is 0 Å². The molecule has 0 aliphatic heterocycles. The molecule has 0 atom stereocenters. The van der Waals surface area contributed by atoms with Crippen LogP contribution in [0.1, 0.15) is 49.7 Å². The number of benzene rings is 4. The summed E-state index contributed by atoms with van der Waals surface area (Å²) in [6, 6.07) is 8.49.